The van der Waals surface area contributed by atoms with Crippen molar-refractivity contribution in [2.45, 2.75) is 45.7 Å². The summed E-state index contributed by atoms with van der Waals surface area (Å²) in [5.41, 5.74) is 2.88. The van der Waals surface area contributed by atoms with Gasteiger partial charge in [0, 0.05) is 38.3 Å². The summed E-state index contributed by atoms with van der Waals surface area (Å²) in [6.07, 6.45) is 6.17. The van der Waals surface area contributed by atoms with Gasteiger partial charge in [0.1, 0.15) is 12.3 Å². The third-order valence-corrected chi connectivity index (χ3v) is 7.17. The van der Waals surface area contributed by atoms with E-state index in [1.54, 1.807) is 16.1 Å². The summed E-state index contributed by atoms with van der Waals surface area (Å²) in [6, 6.07) is 21.5. The van der Waals surface area contributed by atoms with Gasteiger partial charge in [-0.3, -0.25) is 14.5 Å². The third-order valence-electron chi connectivity index (χ3n) is 7.17. The van der Waals surface area contributed by atoms with Gasteiger partial charge in [0.05, 0.1) is 26.0 Å². The lowest BCUT2D eigenvalue weighted by Crippen LogP contribution is -2.47. The van der Waals surface area contributed by atoms with Crippen molar-refractivity contribution in [1.29, 1.82) is 0 Å². The zero-order valence-electron chi connectivity index (χ0n) is 23.1. The number of nitrogens with zero attached hydrogens (tertiary/aromatic N) is 3. The molecule has 1 fully saturated rings. The summed E-state index contributed by atoms with van der Waals surface area (Å²) in [4.78, 5) is 33.2. The summed E-state index contributed by atoms with van der Waals surface area (Å²) in [7, 11) is 0. The van der Waals surface area contributed by atoms with E-state index in [-0.39, 0.29) is 18.4 Å². The van der Waals surface area contributed by atoms with Crippen LogP contribution in [0.5, 0.6) is 0 Å². The SMILES string of the molecule is CCCCCc1ccc(C(=O)N(CCN2CCOCC2)CC(=O)N(Cc2ccccc2)Cc2ccco2)cc1. The number of hydrogen-bond acceptors (Lipinski definition) is 5. The molecular weight excluding hydrogens is 490 g/mol. The minimum Gasteiger partial charge on any atom is -0.467 e. The van der Waals surface area contributed by atoms with Crippen LogP contribution in [0, 0.1) is 0 Å². The Labute approximate surface area is 232 Å². The van der Waals surface area contributed by atoms with Crippen LogP contribution in [0.4, 0.5) is 0 Å². The van der Waals surface area contributed by atoms with Crippen molar-refractivity contribution < 1.29 is 18.7 Å². The molecule has 1 aliphatic rings. The van der Waals surface area contributed by atoms with Gasteiger partial charge in [-0.25, -0.2) is 0 Å². The van der Waals surface area contributed by atoms with Gasteiger partial charge in [-0.15, -0.1) is 0 Å². The van der Waals surface area contributed by atoms with E-state index in [0.29, 0.717) is 50.7 Å². The van der Waals surface area contributed by atoms with Crippen molar-refractivity contribution in [2.24, 2.45) is 0 Å². The molecule has 1 aromatic heterocycles. The molecule has 0 N–H and O–H groups in total. The Balaban J connectivity index is 1.48. The highest BCUT2D eigenvalue weighted by Gasteiger charge is 2.24. The molecule has 1 saturated heterocycles. The third kappa shape index (κ3) is 9.08. The Hall–Kier alpha value is -3.42. The molecule has 7 nitrogen and oxygen atoms in total. The zero-order chi connectivity index (χ0) is 27.3. The van der Waals surface area contributed by atoms with E-state index in [2.05, 4.69) is 11.8 Å². The summed E-state index contributed by atoms with van der Waals surface area (Å²) >= 11 is 0. The molecule has 0 aliphatic carbocycles. The second-order valence-electron chi connectivity index (χ2n) is 10.1. The summed E-state index contributed by atoms with van der Waals surface area (Å²) in [5.74, 6) is 0.486. The molecule has 1 aliphatic heterocycles. The lowest BCUT2D eigenvalue weighted by molar-refractivity contribution is -0.133. The Bertz CT molecular complexity index is 1130. The fourth-order valence-electron chi connectivity index (χ4n) is 4.80. The minimum absolute atomic E-state index is 0.00890. The van der Waals surface area contributed by atoms with Crippen molar-refractivity contribution in [2.75, 3.05) is 45.9 Å². The number of carbonyl (C=O) groups is 2. The van der Waals surface area contributed by atoms with Crippen molar-refractivity contribution in [3.05, 3.63) is 95.4 Å². The largest absolute Gasteiger partial charge is 0.467 e. The molecule has 208 valence electrons. The van der Waals surface area contributed by atoms with Gasteiger partial charge in [0.15, 0.2) is 0 Å². The molecular formula is C32H41N3O4. The molecule has 0 unspecified atom stereocenters. The highest BCUT2D eigenvalue weighted by Crippen LogP contribution is 2.15. The van der Waals surface area contributed by atoms with Crippen LogP contribution < -0.4 is 0 Å². The van der Waals surface area contributed by atoms with Crippen molar-refractivity contribution in [3.8, 4) is 0 Å². The number of aryl methyl sites for hydroxylation is 1. The molecule has 3 aromatic rings. The second-order valence-corrected chi connectivity index (χ2v) is 10.1. The van der Waals surface area contributed by atoms with Crippen LogP contribution in [0.2, 0.25) is 0 Å². The number of carbonyl (C=O) groups excluding carboxylic acids is 2. The van der Waals surface area contributed by atoms with E-state index in [0.717, 1.165) is 31.5 Å². The Kier molecular flexibility index (Phi) is 11.2. The first-order valence-electron chi connectivity index (χ1n) is 14.1. The van der Waals surface area contributed by atoms with E-state index in [1.165, 1.54) is 18.4 Å². The number of furan rings is 1. The number of ether oxygens (including phenoxy) is 1. The van der Waals surface area contributed by atoms with Gasteiger partial charge in [0.25, 0.3) is 5.91 Å². The van der Waals surface area contributed by atoms with Gasteiger partial charge in [-0.1, -0.05) is 62.2 Å². The Morgan fingerprint density at radius 2 is 1.62 bits per heavy atom. The Morgan fingerprint density at radius 1 is 0.846 bits per heavy atom. The van der Waals surface area contributed by atoms with Crippen LogP contribution in [0.3, 0.4) is 0 Å². The molecule has 0 atom stereocenters. The average Bonchev–Trinajstić information content (AvgIpc) is 3.49. The van der Waals surface area contributed by atoms with Gasteiger partial charge in [-0.2, -0.15) is 0 Å². The number of hydrogen-bond donors (Lipinski definition) is 0. The molecule has 7 heteroatoms. The first-order chi connectivity index (χ1) is 19.1. The second kappa shape index (κ2) is 15.2. The molecule has 0 spiro atoms. The smallest absolute Gasteiger partial charge is 0.254 e. The lowest BCUT2D eigenvalue weighted by Gasteiger charge is -2.31. The normalized spacial score (nSPS) is 13.8. The van der Waals surface area contributed by atoms with Crippen LogP contribution in [0.1, 0.15) is 53.4 Å². The predicted molar refractivity (Wildman–Crippen MR) is 152 cm³/mol. The van der Waals surface area contributed by atoms with Crippen molar-refractivity contribution in [1.82, 2.24) is 14.7 Å². The maximum atomic E-state index is 13.7. The number of rotatable bonds is 14. The number of morpholine rings is 1. The van der Waals surface area contributed by atoms with E-state index in [4.69, 9.17) is 9.15 Å². The van der Waals surface area contributed by atoms with Gasteiger partial charge in [0.2, 0.25) is 5.91 Å². The molecule has 0 bridgehead atoms. The van der Waals surface area contributed by atoms with Crippen LogP contribution in [0.25, 0.3) is 0 Å². The van der Waals surface area contributed by atoms with E-state index in [1.807, 2.05) is 66.7 Å². The number of unbranched alkanes of at least 4 members (excludes halogenated alkanes) is 2. The molecule has 4 rings (SSSR count). The quantitative estimate of drug-likeness (QED) is 0.274. The number of benzene rings is 2. The Morgan fingerprint density at radius 3 is 2.31 bits per heavy atom. The highest BCUT2D eigenvalue weighted by molar-refractivity contribution is 5.96. The number of amides is 2. The van der Waals surface area contributed by atoms with E-state index >= 15 is 0 Å². The van der Waals surface area contributed by atoms with Gasteiger partial charge in [-0.05, 0) is 48.2 Å². The summed E-state index contributed by atoms with van der Waals surface area (Å²) in [6.45, 7) is 7.23. The van der Waals surface area contributed by atoms with Crippen LogP contribution in [-0.2, 0) is 29.0 Å². The fraction of sp³-hybridized carbons (Fsp3) is 0.438. The first kappa shape index (κ1) is 28.6. The van der Waals surface area contributed by atoms with Gasteiger partial charge < -0.3 is 19.0 Å². The van der Waals surface area contributed by atoms with Gasteiger partial charge >= 0.3 is 0 Å². The topological polar surface area (TPSA) is 66.2 Å². The maximum absolute atomic E-state index is 13.7. The standard InChI is InChI=1S/C32H41N3O4/c1-2-3-5-9-27-13-15-29(16-14-27)32(37)34(18-17-33-19-22-38-23-20-33)26-31(36)35(25-30-12-8-21-39-30)24-28-10-6-4-7-11-28/h4,6-8,10-16,21H,2-3,5,9,17-20,22-26H2,1H3. The molecule has 0 radical (unpaired) electrons. The summed E-state index contributed by atoms with van der Waals surface area (Å²) in [5, 5.41) is 0. The highest BCUT2D eigenvalue weighted by atomic mass is 16.5. The van der Waals surface area contributed by atoms with Crippen LogP contribution in [-0.4, -0.2) is 72.5 Å². The molecule has 39 heavy (non-hydrogen) atoms. The van der Waals surface area contributed by atoms with E-state index in [9.17, 15) is 9.59 Å². The minimum atomic E-state index is -0.116. The maximum Gasteiger partial charge on any atom is 0.254 e. The zero-order valence-corrected chi connectivity index (χ0v) is 23.1. The van der Waals surface area contributed by atoms with E-state index < -0.39 is 0 Å². The first-order valence-corrected chi connectivity index (χ1v) is 14.1. The van der Waals surface area contributed by atoms with Crippen LogP contribution >= 0.6 is 0 Å². The van der Waals surface area contributed by atoms with Crippen molar-refractivity contribution in [3.63, 3.8) is 0 Å². The van der Waals surface area contributed by atoms with Crippen molar-refractivity contribution >= 4 is 11.8 Å². The fourth-order valence-corrected chi connectivity index (χ4v) is 4.80. The molecule has 2 aromatic carbocycles. The predicted octanol–water partition coefficient (Wildman–Crippen LogP) is 5.02. The molecule has 2 heterocycles. The monoisotopic (exact) mass is 531 g/mol. The summed E-state index contributed by atoms with van der Waals surface area (Å²) < 4.78 is 11.0. The lowest BCUT2D eigenvalue weighted by atomic mass is 10.0. The molecule has 0 saturated carbocycles. The van der Waals surface area contributed by atoms with Crippen LogP contribution in [0.15, 0.2) is 77.4 Å². The molecule has 2 amide bonds. The average molecular weight is 532 g/mol.